The summed E-state index contributed by atoms with van der Waals surface area (Å²) < 4.78 is 7.56. The van der Waals surface area contributed by atoms with Crippen LogP contribution in [0.25, 0.3) is 5.69 Å². The number of halogens is 2. The number of nitrogens with one attached hydrogen (secondary N) is 2. The molecule has 6 N–H and O–H groups in total. The molecule has 3 aromatic rings. The van der Waals surface area contributed by atoms with Crippen LogP contribution < -0.4 is 26.8 Å². The maximum atomic E-state index is 13.8. The van der Waals surface area contributed by atoms with Crippen LogP contribution in [-0.2, 0) is 4.79 Å². The second-order valence-electron chi connectivity index (χ2n) is 11.4. The summed E-state index contributed by atoms with van der Waals surface area (Å²) in [6.45, 7) is 10.9. The number of aliphatic imine (C=N–C) groups is 1. The van der Waals surface area contributed by atoms with Crippen LogP contribution in [0.5, 0.6) is 5.75 Å². The van der Waals surface area contributed by atoms with Gasteiger partial charge in [-0.3, -0.25) is 14.6 Å². The zero-order valence-electron chi connectivity index (χ0n) is 25.8. The average molecular weight is 646 g/mol. The van der Waals surface area contributed by atoms with Gasteiger partial charge in [0.25, 0.3) is 5.91 Å². The number of hydrogen-bond acceptors (Lipinski definition) is 6. The van der Waals surface area contributed by atoms with Crippen molar-refractivity contribution >= 4 is 41.0 Å². The summed E-state index contributed by atoms with van der Waals surface area (Å²) in [6.07, 6.45) is 1.38. The molecule has 44 heavy (non-hydrogen) atoms. The van der Waals surface area contributed by atoms with Crippen LogP contribution in [-0.4, -0.2) is 51.7 Å². The minimum atomic E-state index is -0.914. The third-order valence-electron chi connectivity index (χ3n) is 6.52. The highest BCUT2D eigenvalue weighted by Crippen LogP contribution is 2.30. The van der Waals surface area contributed by atoms with E-state index in [0.29, 0.717) is 59.2 Å². The molecule has 0 aliphatic carbocycles. The number of hydrogen-bond donors (Lipinski definition) is 4. The van der Waals surface area contributed by atoms with Gasteiger partial charge in [-0.1, -0.05) is 69.1 Å². The highest BCUT2D eigenvalue weighted by molar-refractivity contribution is 6.34. The summed E-state index contributed by atoms with van der Waals surface area (Å²) in [7, 11) is 0. The van der Waals surface area contributed by atoms with Gasteiger partial charge in [-0.25, -0.2) is 9.67 Å². The molecule has 0 radical (unpaired) electrons. The minimum absolute atomic E-state index is 0.0450. The van der Waals surface area contributed by atoms with Gasteiger partial charge in [-0.05, 0) is 62.3 Å². The van der Waals surface area contributed by atoms with Crippen LogP contribution in [0.2, 0.25) is 10.0 Å². The highest BCUT2D eigenvalue weighted by atomic mass is 35.5. The van der Waals surface area contributed by atoms with E-state index < -0.39 is 11.9 Å². The Hall–Kier alpha value is -3.83. The fraction of sp³-hybridized carbons (Fsp3) is 0.452. The number of aryl methyl sites for hydroxylation is 1. The van der Waals surface area contributed by atoms with Crippen LogP contribution in [0, 0.1) is 18.8 Å². The predicted octanol–water partition coefficient (Wildman–Crippen LogP) is 4.97. The van der Waals surface area contributed by atoms with Crippen LogP contribution >= 0.6 is 23.2 Å². The number of rotatable bonds is 15. The second-order valence-corrected chi connectivity index (χ2v) is 12.3. The van der Waals surface area contributed by atoms with E-state index in [-0.39, 0.29) is 36.1 Å². The van der Waals surface area contributed by atoms with Crippen LogP contribution in [0.15, 0.2) is 47.5 Å². The number of benzene rings is 2. The minimum Gasteiger partial charge on any atom is -0.493 e. The molecule has 0 saturated carbocycles. The number of carbonyl (C=O) groups is 2. The third kappa shape index (κ3) is 10.4. The Morgan fingerprint density at radius 1 is 1.02 bits per heavy atom. The Morgan fingerprint density at radius 2 is 1.70 bits per heavy atom. The van der Waals surface area contributed by atoms with E-state index in [9.17, 15) is 9.59 Å². The maximum absolute atomic E-state index is 13.8. The number of amides is 2. The van der Waals surface area contributed by atoms with Crippen LogP contribution in [0.3, 0.4) is 0 Å². The number of nitrogens with zero attached hydrogens (tertiary/aromatic N) is 4. The Labute approximate surface area is 268 Å². The van der Waals surface area contributed by atoms with Gasteiger partial charge in [0.05, 0.1) is 18.3 Å². The van der Waals surface area contributed by atoms with Crippen molar-refractivity contribution in [1.82, 2.24) is 25.4 Å². The third-order valence-corrected chi connectivity index (χ3v) is 6.96. The Kier molecular flexibility index (Phi) is 12.8. The van der Waals surface area contributed by atoms with Gasteiger partial charge >= 0.3 is 0 Å². The fourth-order valence-corrected chi connectivity index (χ4v) is 5.07. The van der Waals surface area contributed by atoms with E-state index in [4.69, 9.17) is 39.4 Å². The molecule has 0 aliphatic heterocycles. The van der Waals surface area contributed by atoms with Gasteiger partial charge in [0, 0.05) is 22.2 Å². The zero-order valence-corrected chi connectivity index (χ0v) is 27.3. The summed E-state index contributed by atoms with van der Waals surface area (Å²) in [5, 5.41) is 11.2. The normalized spacial score (nSPS) is 12.6. The van der Waals surface area contributed by atoms with Gasteiger partial charge in [0.1, 0.15) is 17.6 Å². The Bertz CT molecular complexity index is 1430. The Morgan fingerprint density at radius 3 is 2.34 bits per heavy atom. The van der Waals surface area contributed by atoms with Crippen molar-refractivity contribution < 1.29 is 14.3 Å². The first kappa shape index (κ1) is 34.7. The number of nitrogens with two attached hydrogens (primary N) is 2. The molecule has 2 aromatic carbocycles. The summed E-state index contributed by atoms with van der Waals surface area (Å²) in [6, 6.07) is 11.3. The Balaban J connectivity index is 1.86. The first-order valence-electron chi connectivity index (χ1n) is 14.6. The van der Waals surface area contributed by atoms with Gasteiger partial charge < -0.3 is 26.8 Å². The molecule has 2 unspecified atom stereocenters. The molecular weight excluding hydrogens is 603 g/mol. The molecule has 1 aromatic heterocycles. The number of guanidine groups is 1. The summed E-state index contributed by atoms with van der Waals surface area (Å²) in [5.74, 6) is 0.646. The summed E-state index contributed by atoms with van der Waals surface area (Å²) >= 11 is 12.3. The standard InChI is InChI=1S/C31H42Cl2N8O3/c1-18(2)13-26(24-9-6-7-11-27(24)44-17-19(3)4)39-29(42)25(10-8-12-36-31(34)35)38-30(43)28-37-20(5)41(40-28)23-15-21(32)14-22(33)16-23/h6-7,9,11,14-16,18-19,25-26H,8,10,12-13,17H2,1-5H3,(H,38,43)(H,39,42)(H4,34,35,36). The van der Waals surface area contributed by atoms with Crippen molar-refractivity contribution in [2.75, 3.05) is 13.2 Å². The van der Waals surface area contributed by atoms with Gasteiger partial charge in [0.15, 0.2) is 5.96 Å². The molecule has 0 bridgehead atoms. The van der Waals surface area contributed by atoms with E-state index in [1.165, 1.54) is 4.68 Å². The van der Waals surface area contributed by atoms with E-state index >= 15 is 0 Å². The maximum Gasteiger partial charge on any atom is 0.291 e. The predicted molar refractivity (Wildman–Crippen MR) is 174 cm³/mol. The topological polar surface area (TPSA) is 163 Å². The average Bonchev–Trinajstić information content (AvgIpc) is 3.34. The lowest BCUT2D eigenvalue weighted by molar-refractivity contribution is -0.124. The van der Waals surface area contributed by atoms with E-state index in [2.05, 4.69) is 53.4 Å². The molecule has 238 valence electrons. The molecule has 0 spiro atoms. The van der Waals surface area contributed by atoms with Crippen LogP contribution in [0.4, 0.5) is 0 Å². The van der Waals surface area contributed by atoms with Crippen molar-refractivity contribution in [3.8, 4) is 11.4 Å². The molecule has 0 saturated heterocycles. The smallest absolute Gasteiger partial charge is 0.291 e. The highest BCUT2D eigenvalue weighted by Gasteiger charge is 2.28. The van der Waals surface area contributed by atoms with Crippen molar-refractivity contribution in [1.29, 1.82) is 0 Å². The quantitative estimate of drug-likeness (QED) is 0.103. The first-order chi connectivity index (χ1) is 20.8. The molecule has 13 heteroatoms. The van der Waals surface area contributed by atoms with E-state index in [1.54, 1.807) is 25.1 Å². The summed E-state index contributed by atoms with van der Waals surface area (Å²) in [5.41, 5.74) is 12.4. The number of para-hydroxylation sites is 1. The molecule has 11 nitrogen and oxygen atoms in total. The van der Waals surface area contributed by atoms with Crippen molar-refractivity contribution in [2.45, 2.75) is 66.0 Å². The van der Waals surface area contributed by atoms with Gasteiger partial charge in [-0.15, -0.1) is 5.10 Å². The lowest BCUT2D eigenvalue weighted by atomic mass is 9.95. The van der Waals surface area contributed by atoms with E-state index in [1.807, 2.05) is 24.3 Å². The van der Waals surface area contributed by atoms with Crippen molar-refractivity contribution in [2.24, 2.45) is 28.3 Å². The number of ether oxygens (including phenoxy) is 1. The number of carbonyl (C=O) groups excluding carboxylic acids is 2. The second kappa shape index (κ2) is 16.3. The largest absolute Gasteiger partial charge is 0.493 e. The SMILES string of the molecule is Cc1nc(C(=O)NC(CCCN=C(N)N)C(=O)NC(CC(C)C)c2ccccc2OCC(C)C)nn1-c1cc(Cl)cc(Cl)c1. The first-order valence-corrected chi connectivity index (χ1v) is 15.4. The molecule has 2 amide bonds. The summed E-state index contributed by atoms with van der Waals surface area (Å²) in [4.78, 5) is 35.6. The molecule has 0 aliphatic rings. The van der Waals surface area contributed by atoms with Crippen molar-refractivity contribution in [3.63, 3.8) is 0 Å². The molecule has 1 heterocycles. The molecule has 0 fully saturated rings. The van der Waals surface area contributed by atoms with Gasteiger partial charge in [0.2, 0.25) is 11.7 Å². The number of aromatic nitrogens is 3. The van der Waals surface area contributed by atoms with Crippen LogP contribution in [0.1, 0.15) is 75.0 Å². The van der Waals surface area contributed by atoms with Crippen molar-refractivity contribution in [3.05, 3.63) is 69.7 Å². The molecule has 2 atom stereocenters. The lowest BCUT2D eigenvalue weighted by Crippen LogP contribution is -2.48. The zero-order chi connectivity index (χ0) is 32.4. The lowest BCUT2D eigenvalue weighted by Gasteiger charge is -2.26. The van der Waals surface area contributed by atoms with E-state index in [0.717, 1.165) is 5.56 Å². The molecular formula is C31H42Cl2N8O3. The van der Waals surface area contributed by atoms with Gasteiger partial charge in [-0.2, -0.15) is 0 Å². The monoisotopic (exact) mass is 644 g/mol. The fourth-order valence-electron chi connectivity index (χ4n) is 4.55. The molecule has 3 rings (SSSR count).